The Morgan fingerprint density at radius 1 is 1.35 bits per heavy atom. The summed E-state index contributed by atoms with van der Waals surface area (Å²) in [6.07, 6.45) is 5.75. The lowest BCUT2D eigenvalue weighted by Crippen LogP contribution is -2.35. The molecule has 0 amide bonds. The average Bonchev–Trinajstić information content (AvgIpc) is 2.53. The number of pyridine rings is 2. The fourth-order valence-electron chi connectivity index (χ4n) is 3.21. The molecule has 0 aliphatic carbocycles. The number of hydrogen-bond donors (Lipinski definition) is 1. The summed E-state index contributed by atoms with van der Waals surface area (Å²) < 4.78 is 1.93. The molecule has 3 rings (SSSR count). The van der Waals surface area contributed by atoms with Crippen molar-refractivity contribution in [1.29, 1.82) is 0 Å². The van der Waals surface area contributed by atoms with Crippen molar-refractivity contribution in [3.63, 3.8) is 0 Å². The predicted octanol–water partition coefficient (Wildman–Crippen LogP) is 2.23. The highest BCUT2D eigenvalue weighted by molar-refractivity contribution is 5.21. The number of likely N-dealkylation sites (tertiary alicyclic amines) is 1. The molecule has 0 aromatic carbocycles. The van der Waals surface area contributed by atoms with Gasteiger partial charge in [-0.2, -0.15) is 0 Å². The Labute approximate surface area is 136 Å². The molecule has 1 unspecified atom stereocenters. The van der Waals surface area contributed by atoms with Gasteiger partial charge in [0.15, 0.2) is 5.75 Å². The minimum Gasteiger partial charge on any atom is -0.503 e. The first-order valence-corrected chi connectivity index (χ1v) is 8.16. The van der Waals surface area contributed by atoms with Crippen molar-refractivity contribution in [3.8, 4) is 5.75 Å². The summed E-state index contributed by atoms with van der Waals surface area (Å²) in [4.78, 5) is 18.6. The Balaban J connectivity index is 1.85. The summed E-state index contributed by atoms with van der Waals surface area (Å²) in [7, 11) is 0. The van der Waals surface area contributed by atoms with Crippen LogP contribution in [-0.4, -0.2) is 32.6 Å². The Morgan fingerprint density at radius 3 is 2.96 bits per heavy atom. The largest absolute Gasteiger partial charge is 0.503 e. The number of piperidine rings is 1. The maximum atomic E-state index is 11.9. The number of nitrogens with zero attached hydrogens (tertiary/aromatic N) is 3. The predicted molar refractivity (Wildman–Crippen MR) is 89.4 cm³/mol. The first-order valence-electron chi connectivity index (χ1n) is 8.16. The summed E-state index contributed by atoms with van der Waals surface area (Å²) in [5.74, 6) is 0.480. The van der Waals surface area contributed by atoms with E-state index in [2.05, 4.69) is 16.8 Å². The molecule has 1 atom stereocenters. The van der Waals surface area contributed by atoms with Gasteiger partial charge in [-0.05, 0) is 37.4 Å². The molecule has 23 heavy (non-hydrogen) atoms. The lowest BCUT2D eigenvalue weighted by Gasteiger charge is -2.31. The maximum absolute atomic E-state index is 11.9. The number of aromatic nitrogens is 2. The third-order valence-corrected chi connectivity index (χ3v) is 4.38. The molecule has 0 saturated carbocycles. The van der Waals surface area contributed by atoms with Gasteiger partial charge in [0.25, 0.3) is 0 Å². The monoisotopic (exact) mass is 313 g/mol. The molecule has 1 aliphatic rings. The van der Waals surface area contributed by atoms with Crippen LogP contribution in [0.3, 0.4) is 0 Å². The van der Waals surface area contributed by atoms with Gasteiger partial charge in [-0.1, -0.05) is 13.0 Å². The van der Waals surface area contributed by atoms with E-state index >= 15 is 0 Å². The van der Waals surface area contributed by atoms with Gasteiger partial charge in [-0.3, -0.25) is 14.7 Å². The van der Waals surface area contributed by atoms with Crippen molar-refractivity contribution in [2.45, 2.75) is 32.9 Å². The number of rotatable bonds is 4. The van der Waals surface area contributed by atoms with E-state index in [9.17, 15) is 9.90 Å². The van der Waals surface area contributed by atoms with Gasteiger partial charge in [-0.15, -0.1) is 0 Å². The summed E-state index contributed by atoms with van der Waals surface area (Å²) >= 11 is 0. The second-order valence-electron chi connectivity index (χ2n) is 6.45. The summed E-state index contributed by atoms with van der Waals surface area (Å²) in [5, 5.41) is 9.78. The van der Waals surface area contributed by atoms with Crippen molar-refractivity contribution in [1.82, 2.24) is 14.5 Å². The Morgan fingerprint density at radius 2 is 2.22 bits per heavy atom. The van der Waals surface area contributed by atoms with Crippen molar-refractivity contribution in [2.24, 2.45) is 5.92 Å². The van der Waals surface area contributed by atoms with Gasteiger partial charge in [-0.25, -0.2) is 0 Å². The minimum atomic E-state index is -0.317. The molecule has 2 aromatic rings. The molecule has 2 aromatic heterocycles. The molecule has 3 heterocycles. The highest BCUT2D eigenvalue weighted by atomic mass is 16.3. The fraction of sp³-hybridized carbons (Fsp3) is 0.444. The second-order valence-corrected chi connectivity index (χ2v) is 6.45. The molecule has 0 bridgehead atoms. The number of aromatic hydroxyl groups is 1. The molecule has 5 nitrogen and oxygen atoms in total. The molecule has 1 fully saturated rings. The summed E-state index contributed by atoms with van der Waals surface area (Å²) in [6, 6.07) is 7.32. The van der Waals surface area contributed by atoms with Crippen LogP contribution in [0.1, 0.15) is 31.2 Å². The van der Waals surface area contributed by atoms with E-state index in [1.165, 1.54) is 19.0 Å². The summed E-state index contributed by atoms with van der Waals surface area (Å²) in [6.45, 7) is 5.66. The van der Waals surface area contributed by atoms with Crippen molar-refractivity contribution in [2.75, 3.05) is 13.1 Å². The zero-order valence-electron chi connectivity index (χ0n) is 13.5. The molecule has 1 aliphatic heterocycles. The smallest absolute Gasteiger partial charge is 0.223 e. The molecule has 1 saturated heterocycles. The van der Waals surface area contributed by atoms with E-state index in [0.717, 1.165) is 31.0 Å². The lowest BCUT2D eigenvalue weighted by atomic mass is 10.0. The van der Waals surface area contributed by atoms with Gasteiger partial charge in [0.2, 0.25) is 5.43 Å². The van der Waals surface area contributed by atoms with Crippen LogP contribution in [0.4, 0.5) is 0 Å². The van der Waals surface area contributed by atoms with Crippen LogP contribution in [0.5, 0.6) is 5.75 Å². The first-order chi connectivity index (χ1) is 11.1. The topological polar surface area (TPSA) is 58.4 Å². The normalized spacial score (nSPS) is 18.9. The SMILES string of the molecule is CC1CCCN(Cc2cc(=O)c(O)cn2Cc2ccccn2)C1. The van der Waals surface area contributed by atoms with Crippen LogP contribution in [0.2, 0.25) is 0 Å². The van der Waals surface area contributed by atoms with E-state index < -0.39 is 0 Å². The standard InChI is InChI=1S/C18H23N3O2/c1-14-5-4-8-20(10-14)12-16-9-17(22)18(23)13-21(16)11-15-6-2-3-7-19-15/h2-3,6-7,9,13-14,23H,4-5,8,10-12H2,1H3. The molecule has 0 radical (unpaired) electrons. The Hall–Kier alpha value is -2.14. The number of hydrogen-bond acceptors (Lipinski definition) is 4. The van der Waals surface area contributed by atoms with Gasteiger partial charge in [0, 0.05) is 31.0 Å². The molecular formula is C18H23N3O2. The quantitative estimate of drug-likeness (QED) is 0.940. The zero-order valence-corrected chi connectivity index (χ0v) is 13.5. The van der Waals surface area contributed by atoms with E-state index in [-0.39, 0.29) is 11.2 Å². The van der Waals surface area contributed by atoms with Gasteiger partial charge < -0.3 is 9.67 Å². The van der Waals surface area contributed by atoms with E-state index in [0.29, 0.717) is 12.5 Å². The van der Waals surface area contributed by atoms with E-state index in [1.54, 1.807) is 12.3 Å². The van der Waals surface area contributed by atoms with Crippen LogP contribution in [0.25, 0.3) is 0 Å². The van der Waals surface area contributed by atoms with Crippen molar-refractivity contribution < 1.29 is 5.11 Å². The highest BCUT2D eigenvalue weighted by Gasteiger charge is 2.18. The molecule has 0 spiro atoms. The molecule has 5 heteroatoms. The lowest BCUT2D eigenvalue weighted by molar-refractivity contribution is 0.172. The zero-order chi connectivity index (χ0) is 16.2. The van der Waals surface area contributed by atoms with Crippen LogP contribution < -0.4 is 5.43 Å². The summed E-state index contributed by atoms with van der Waals surface area (Å²) in [5.41, 5.74) is 1.51. The van der Waals surface area contributed by atoms with E-state index in [4.69, 9.17) is 0 Å². The second kappa shape index (κ2) is 6.96. The molecule has 1 N–H and O–H groups in total. The first kappa shape index (κ1) is 15.7. The van der Waals surface area contributed by atoms with Crippen LogP contribution >= 0.6 is 0 Å². The van der Waals surface area contributed by atoms with Gasteiger partial charge >= 0.3 is 0 Å². The minimum absolute atomic E-state index is 0.211. The maximum Gasteiger partial charge on any atom is 0.223 e. The Bertz CT molecular complexity index is 712. The third-order valence-electron chi connectivity index (χ3n) is 4.38. The fourth-order valence-corrected chi connectivity index (χ4v) is 3.21. The molecule has 122 valence electrons. The van der Waals surface area contributed by atoms with E-state index in [1.807, 2.05) is 22.8 Å². The van der Waals surface area contributed by atoms with Crippen molar-refractivity contribution >= 4 is 0 Å². The van der Waals surface area contributed by atoms with Crippen LogP contribution in [0, 0.1) is 5.92 Å². The van der Waals surface area contributed by atoms with Gasteiger partial charge in [0.05, 0.1) is 18.4 Å². The highest BCUT2D eigenvalue weighted by Crippen LogP contribution is 2.18. The third kappa shape index (κ3) is 3.99. The average molecular weight is 313 g/mol. The van der Waals surface area contributed by atoms with Crippen LogP contribution in [0.15, 0.2) is 41.5 Å². The van der Waals surface area contributed by atoms with Gasteiger partial charge in [0.1, 0.15) is 0 Å². The van der Waals surface area contributed by atoms with Crippen LogP contribution in [-0.2, 0) is 13.1 Å². The Kier molecular flexibility index (Phi) is 4.76. The van der Waals surface area contributed by atoms with Crippen molar-refractivity contribution in [3.05, 3.63) is 58.3 Å². The molecular weight excluding hydrogens is 290 g/mol.